The highest BCUT2D eigenvalue weighted by molar-refractivity contribution is 5.96. The zero-order valence-electron chi connectivity index (χ0n) is 16.6. The number of hydrogen-bond acceptors (Lipinski definition) is 2. The van der Waals surface area contributed by atoms with Crippen LogP contribution in [0.15, 0.2) is 60.9 Å². The Kier molecular flexibility index (Phi) is 4.39. The molecule has 2 heterocycles. The average molecular weight is 400 g/mol. The molecular formula is C25H21FN2O2. The first-order chi connectivity index (χ1) is 14.5. The Labute approximate surface area is 173 Å². The number of aromatic carboxylic acids is 1. The van der Waals surface area contributed by atoms with E-state index in [-0.39, 0.29) is 11.4 Å². The summed E-state index contributed by atoms with van der Waals surface area (Å²) < 4.78 is 15.8. The van der Waals surface area contributed by atoms with Gasteiger partial charge in [0, 0.05) is 42.3 Å². The van der Waals surface area contributed by atoms with Gasteiger partial charge >= 0.3 is 5.97 Å². The molecule has 150 valence electrons. The number of benzene rings is 2. The summed E-state index contributed by atoms with van der Waals surface area (Å²) >= 11 is 0. The Hall–Kier alpha value is -3.47. The lowest BCUT2D eigenvalue weighted by atomic mass is 9.99. The number of rotatable bonds is 5. The van der Waals surface area contributed by atoms with Crippen LogP contribution in [0.3, 0.4) is 0 Å². The van der Waals surface area contributed by atoms with E-state index in [2.05, 4.69) is 11.1 Å². The third-order valence-corrected chi connectivity index (χ3v) is 5.83. The molecule has 0 spiro atoms. The maximum absolute atomic E-state index is 13.8. The maximum Gasteiger partial charge on any atom is 0.337 e. The van der Waals surface area contributed by atoms with E-state index in [1.165, 1.54) is 12.1 Å². The predicted octanol–water partition coefficient (Wildman–Crippen LogP) is 5.55. The van der Waals surface area contributed by atoms with E-state index in [0.717, 1.165) is 46.0 Å². The number of pyridine rings is 1. The van der Waals surface area contributed by atoms with Crippen LogP contribution in [-0.4, -0.2) is 20.6 Å². The molecule has 1 aliphatic rings. The minimum Gasteiger partial charge on any atom is -0.478 e. The van der Waals surface area contributed by atoms with Gasteiger partial charge in [0.05, 0.1) is 11.3 Å². The number of aromatic nitrogens is 2. The van der Waals surface area contributed by atoms with Gasteiger partial charge in [0.15, 0.2) is 0 Å². The molecule has 0 aliphatic heterocycles. The zero-order valence-corrected chi connectivity index (χ0v) is 16.6. The number of hydrogen-bond donors (Lipinski definition) is 1. The smallest absolute Gasteiger partial charge is 0.337 e. The van der Waals surface area contributed by atoms with Crippen LogP contribution in [0.1, 0.15) is 45.9 Å². The molecule has 2 aromatic carbocycles. The molecule has 5 heteroatoms. The fraction of sp³-hybridized carbons (Fsp3) is 0.200. The highest BCUT2D eigenvalue weighted by atomic mass is 19.1. The second-order valence-corrected chi connectivity index (χ2v) is 8.03. The van der Waals surface area contributed by atoms with Gasteiger partial charge in [-0.25, -0.2) is 9.18 Å². The second kappa shape index (κ2) is 7.10. The molecule has 0 radical (unpaired) electrons. The molecule has 0 atom stereocenters. The molecule has 4 aromatic rings. The summed E-state index contributed by atoms with van der Waals surface area (Å²) in [4.78, 5) is 16.3. The van der Waals surface area contributed by atoms with Crippen LogP contribution < -0.4 is 0 Å². The summed E-state index contributed by atoms with van der Waals surface area (Å²) in [5.41, 5.74) is 5.63. The minimum absolute atomic E-state index is 0.272. The number of fused-ring (bicyclic) bond motifs is 1. The van der Waals surface area contributed by atoms with E-state index in [9.17, 15) is 14.3 Å². The monoisotopic (exact) mass is 400 g/mol. The van der Waals surface area contributed by atoms with Crippen molar-refractivity contribution in [1.29, 1.82) is 0 Å². The fourth-order valence-electron chi connectivity index (χ4n) is 4.10. The first-order valence-corrected chi connectivity index (χ1v) is 10.1. The molecule has 0 unspecified atom stereocenters. The predicted molar refractivity (Wildman–Crippen MR) is 114 cm³/mol. The molecule has 4 nitrogen and oxygen atoms in total. The van der Waals surface area contributed by atoms with Crippen LogP contribution in [0.2, 0.25) is 0 Å². The van der Waals surface area contributed by atoms with Gasteiger partial charge in [0.1, 0.15) is 5.82 Å². The van der Waals surface area contributed by atoms with E-state index in [4.69, 9.17) is 0 Å². The molecule has 1 saturated carbocycles. The minimum atomic E-state index is -0.943. The standard InChI is InChI=1S/C25H21FN2O2/c1-28-14-22(17-3-2-4-19(26)11-17)20-9-15(5-8-24(20)28)10-23-21(25(29)30)12-18(13-27-23)16-6-7-16/h2-5,8-9,11-14,16H,6-7,10H2,1H3,(H,29,30). The van der Waals surface area contributed by atoms with Crippen molar-refractivity contribution in [1.82, 2.24) is 9.55 Å². The van der Waals surface area contributed by atoms with E-state index in [1.807, 2.05) is 42.2 Å². The lowest BCUT2D eigenvalue weighted by molar-refractivity contribution is 0.0695. The summed E-state index contributed by atoms with van der Waals surface area (Å²) in [6.45, 7) is 0. The zero-order chi connectivity index (χ0) is 20.8. The molecule has 0 saturated heterocycles. The van der Waals surface area contributed by atoms with Crippen molar-refractivity contribution in [3.05, 3.63) is 89.1 Å². The lowest BCUT2D eigenvalue weighted by Gasteiger charge is -2.09. The van der Waals surface area contributed by atoms with Crippen LogP contribution in [0, 0.1) is 5.82 Å². The molecule has 1 N–H and O–H groups in total. The molecular weight excluding hydrogens is 379 g/mol. The Morgan fingerprint density at radius 3 is 2.77 bits per heavy atom. The fourth-order valence-corrected chi connectivity index (χ4v) is 4.10. The first-order valence-electron chi connectivity index (χ1n) is 10.1. The van der Waals surface area contributed by atoms with Gasteiger partial charge < -0.3 is 9.67 Å². The number of nitrogens with zero attached hydrogens (tertiary/aromatic N) is 2. The van der Waals surface area contributed by atoms with Gasteiger partial charge in [0.25, 0.3) is 0 Å². The van der Waals surface area contributed by atoms with Crippen molar-refractivity contribution in [2.75, 3.05) is 0 Å². The number of aryl methyl sites for hydroxylation is 1. The summed E-state index contributed by atoms with van der Waals surface area (Å²) in [5, 5.41) is 10.7. The van der Waals surface area contributed by atoms with Crippen molar-refractivity contribution in [2.24, 2.45) is 7.05 Å². The Bertz CT molecular complexity index is 1290. The van der Waals surface area contributed by atoms with Crippen LogP contribution in [0.5, 0.6) is 0 Å². The largest absolute Gasteiger partial charge is 0.478 e. The highest BCUT2D eigenvalue weighted by Crippen LogP contribution is 2.40. The summed E-state index contributed by atoms with van der Waals surface area (Å²) in [7, 11) is 1.96. The summed E-state index contributed by atoms with van der Waals surface area (Å²) in [5.74, 6) is -0.757. The Morgan fingerprint density at radius 2 is 2.03 bits per heavy atom. The van der Waals surface area contributed by atoms with Gasteiger partial charge in [-0.2, -0.15) is 0 Å². The topological polar surface area (TPSA) is 55.1 Å². The normalized spacial score (nSPS) is 13.7. The molecule has 2 aromatic heterocycles. The van der Waals surface area contributed by atoms with Crippen molar-refractivity contribution in [3.63, 3.8) is 0 Å². The summed E-state index contributed by atoms with van der Waals surface area (Å²) in [6.07, 6.45) is 6.45. The highest BCUT2D eigenvalue weighted by Gasteiger charge is 2.26. The number of carboxylic acid groups (broad SMARTS) is 1. The van der Waals surface area contributed by atoms with Crippen LogP contribution in [0.4, 0.5) is 4.39 Å². The number of halogens is 1. The van der Waals surface area contributed by atoms with Gasteiger partial charge in [-0.15, -0.1) is 0 Å². The van der Waals surface area contributed by atoms with Gasteiger partial charge in [-0.05, 0) is 65.8 Å². The average Bonchev–Trinajstić information content (AvgIpc) is 3.52. The van der Waals surface area contributed by atoms with E-state index in [0.29, 0.717) is 18.0 Å². The van der Waals surface area contributed by atoms with E-state index in [1.54, 1.807) is 12.1 Å². The van der Waals surface area contributed by atoms with Crippen LogP contribution in [-0.2, 0) is 13.5 Å². The molecule has 1 fully saturated rings. The van der Waals surface area contributed by atoms with Crippen molar-refractivity contribution in [3.8, 4) is 11.1 Å². The molecule has 5 rings (SSSR count). The molecule has 1 aliphatic carbocycles. The Morgan fingerprint density at radius 1 is 1.20 bits per heavy atom. The van der Waals surface area contributed by atoms with Crippen LogP contribution >= 0.6 is 0 Å². The van der Waals surface area contributed by atoms with Crippen molar-refractivity contribution >= 4 is 16.9 Å². The molecule has 30 heavy (non-hydrogen) atoms. The maximum atomic E-state index is 13.8. The third-order valence-electron chi connectivity index (χ3n) is 5.83. The van der Waals surface area contributed by atoms with E-state index < -0.39 is 5.97 Å². The van der Waals surface area contributed by atoms with Crippen LogP contribution in [0.25, 0.3) is 22.0 Å². The third kappa shape index (κ3) is 3.36. The number of carbonyl (C=O) groups is 1. The first kappa shape index (κ1) is 18.6. The summed E-state index contributed by atoms with van der Waals surface area (Å²) in [6, 6.07) is 14.4. The lowest BCUT2D eigenvalue weighted by Crippen LogP contribution is -2.07. The van der Waals surface area contributed by atoms with E-state index >= 15 is 0 Å². The van der Waals surface area contributed by atoms with Crippen molar-refractivity contribution in [2.45, 2.75) is 25.2 Å². The SMILES string of the molecule is Cn1cc(-c2cccc(F)c2)c2cc(Cc3ncc(C4CC4)cc3C(=O)O)ccc21. The quantitative estimate of drug-likeness (QED) is 0.478. The molecule has 0 bridgehead atoms. The molecule has 0 amide bonds. The van der Waals surface area contributed by atoms with Gasteiger partial charge in [-0.3, -0.25) is 4.98 Å². The van der Waals surface area contributed by atoms with Gasteiger partial charge in [-0.1, -0.05) is 18.2 Å². The Balaban J connectivity index is 1.56. The number of carboxylic acids is 1. The second-order valence-electron chi connectivity index (χ2n) is 8.03. The van der Waals surface area contributed by atoms with Crippen molar-refractivity contribution < 1.29 is 14.3 Å². The van der Waals surface area contributed by atoms with Gasteiger partial charge in [0.2, 0.25) is 0 Å².